The Morgan fingerprint density at radius 1 is 0.644 bits per heavy atom. The number of aliphatic carboxylic acids is 2. The zero-order valence-electron chi connectivity index (χ0n) is 26.0. The maximum absolute atomic E-state index is 11.5. The van der Waals surface area contributed by atoms with Gasteiger partial charge in [-0.2, -0.15) is 0 Å². The van der Waals surface area contributed by atoms with Gasteiger partial charge in [-0.3, -0.25) is 9.59 Å². The maximum atomic E-state index is 11.5. The number of aryl methyl sites for hydroxylation is 4. The van der Waals surface area contributed by atoms with Crippen LogP contribution in [0.3, 0.4) is 0 Å². The molecule has 5 heterocycles. The van der Waals surface area contributed by atoms with Crippen molar-refractivity contribution in [1.82, 2.24) is 19.9 Å². The van der Waals surface area contributed by atoms with Gasteiger partial charge in [0.2, 0.25) is 0 Å². The first-order valence-electron chi connectivity index (χ1n) is 14.6. The van der Waals surface area contributed by atoms with E-state index < -0.39 is 24.1 Å². The Kier molecular flexibility index (Phi) is 10.1. The van der Waals surface area contributed by atoms with Crippen LogP contribution in [-0.4, -0.2) is 54.5 Å². The van der Waals surface area contributed by atoms with Crippen molar-refractivity contribution in [1.29, 1.82) is 0 Å². The quantitative estimate of drug-likeness (QED) is 0.238. The molecule has 0 saturated carbocycles. The Morgan fingerprint density at radius 3 is 1.42 bits per heavy atom. The first-order valence-corrected chi connectivity index (χ1v) is 14.6. The van der Waals surface area contributed by atoms with Crippen LogP contribution in [0.15, 0.2) is 24.3 Å². The molecule has 2 unspecified atom stereocenters. The Morgan fingerprint density at radius 2 is 1.02 bits per heavy atom. The van der Waals surface area contributed by atoms with Crippen LogP contribution in [0.4, 0.5) is 0 Å². The Balaban J connectivity index is 0.00000461. The van der Waals surface area contributed by atoms with E-state index in [2.05, 4.69) is 0 Å². The van der Waals surface area contributed by atoms with Crippen molar-refractivity contribution < 1.29 is 52.4 Å². The zero-order valence-corrected chi connectivity index (χ0v) is 27.5. The number of nitrogens with zero attached hydrogens (tertiary/aromatic N) is 4. The Bertz CT molecular complexity index is 1930. The topological polar surface area (TPSA) is 169 Å². The summed E-state index contributed by atoms with van der Waals surface area (Å²) in [6.45, 7) is 10.9. The molecule has 0 fully saturated rings. The molecular formula is C34H36AgN4O6-2. The van der Waals surface area contributed by atoms with Crippen molar-refractivity contribution in [3.8, 4) is 0 Å². The van der Waals surface area contributed by atoms with E-state index in [1.165, 1.54) is 0 Å². The van der Waals surface area contributed by atoms with Crippen LogP contribution in [0.25, 0.3) is 44.4 Å². The summed E-state index contributed by atoms with van der Waals surface area (Å²) in [6.07, 6.45) is -1.32. The number of aromatic nitrogens is 4. The molecular weight excluding hydrogens is 668 g/mol. The number of rotatable bonds is 8. The number of fused-ring (bicyclic) bond motifs is 8. The van der Waals surface area contributed by atoms with E-state index in [0.717, 1.165) is 33.4 Å². The predicted octanol–water partition coefficient (Wildman–Crippen LogP) is 4.84. The smallest absolute Gasteiger partial charge is 0.303 e. The van der Waals surface area contributed by atoms with E-state index in [-0.39, 0.29) is 48.1 Å². The van der Waals surface area contributed by atoms with Crippen LogP contribution < -0.4 is 9.97 Å². The first-order chi connectivity index (χ1) is 20.8. The normalized spacial score (nSPS) is 14.4. The van der Waals surface area contributed by atoms with Crippen LogP contribution >= 0.6 is 0 Å². The number of hydrogen-bond donors (Lipinski definition) is 4. The van der Waals surface area contributed by atoms with Gasteiger partial charge in [-0.25, -0.2) is 9.97 Å². The summed E-state index contributed by atoms with van der Waals surface area (Å²) in [7, 11) is 0. The van der Waals surface area contributed by atoms with Crippen LogP contribution in [0.5, 0.6) is 0 Å². The van der Waals surface area contributed by atoms with Gasteiger partial charge in [0, 0.05) is 46.4 Å². The molecule has 1 radical (unpaired) electrons. The van der Waals surface area contributed by atoms with Gasteiger partial charge >= 0.3 is 11.9 Å². The fraction of sp³-hybridized carbons (Fsp3) is 0.353. The molecule has 3 aromatic heterocycles. The van der Waals surface area contributed by atoms with E-state index >= 15 is 0 Å². The number of hydrogen-bond acceptors (Lipinski definition) is 6. The van der Waals surface area contributed by atoms with Crippen molar-refractivity contribution >= 4 is 56.3 Å². The molecule has 4 N–H and O–H groups in total. The van der Waals surface area contributed by atoms with E-state index in [4.69, 9.17) is 19.9 Å². The molecule has 8 bridgehead atoms. The first kappa shape index (κ1) is 34.1. The third-order valence-corrected chi connectivity index (χ3v) is 8.49. The second-order valence-electron chi connectivity index (χ2n) is 11.5. The monoisotopic (exact) mass is 703 g/mol. The largest absolute Gasteiger partial charge is 0.657 e. The van der Waals surface area contributed by atoms with Crippen molar-refractivity contribution in [2.45, 2.75) is 79.4 Å². The number of carbonyl (C=O) groups is 2. The zero-order chi connectivity index (χ0) is 32.0. The minimum Gasteiger partial charge on any atom is -0.657 e. The fourth-order valence-electron chi connectivity index (χ4n) is 6.15. The van der Waals surface area contributed by atoms with Gasteiger partial charge in [0.15, 0.2) is 0 Å². The van der Waals surface area contributed by atoms with E-state index in [9.17, 15) is 30.0 Å². The molecule has 11 heteroatoms. The third kappa shape index (κ3) is 6.61. The summed E-state index contributed by atoms with van der Waals surface area (Å²) in [6, 6.07) is 7.25. The van der Waals surface area contributed by atoms with E-state index in [1.54, 1.807) is 26.0 Å². The summed E-state index contributed by atoms with van der Waals surface area (Å²) >= 11 is 0. The predicted molar refractivity (Wildman–Crippen MR) is 169 cm³/mol. The summed E-state index contributed by atoms with van der Waals surface area (Å²) < 4.78 is 0. The standard InChI is InChI=1S/C34H38N4O6.Ag/c1-15-21(7-9-31(41)42)27-14-28-22(8-10-32(43)44)16(2)24(36-28)12-29-34(20(6)40)18(4)26(38-29)13-30-33(19(5)39)17(3)25(37-30)11-23(15)35-27;/h11-14,19-20,39-40H,7-10H2,1-6H3,(H4,35,36,37,38,41,42,43,44);/p-2. The molecule has 2 atom stereocenters. The van der Waals surface area contributed by atoms with Crippen molar-refractivity contribution in [3.05, 3.63) is 69.3 Å². The third-order valence-electron chi connectivity index (χ3n) is 8.49. The van der Waals surface area contributed by atoms with Crippen LogP contribution in [0.1, 0.15) is 85.6 Å². The molecule has 5 rings (SSSR count). The van der Waals surface area contributed by atoms with Crippen molar-refractivity contribution in [2.24, 2.45) is 0 Å². The van der Waals surface area contributed by atoms with Crippen LogP contribution in [-0.2, 0) is 44.8 Å². The minimum absolute atomic E-state index is 0. The number of carboxylic acid groups (broad SMARTS) is 2. The molecule has 0 saturated heterocycles. The summed E-state index contributed by atoms with van der Waals surface area (Å²) in [5.74, 6) is -1.86. The average molecular weight is 705 g/mol. The van der Waals surface area contributed by atoms with Gasteiger partial charge in [-0.15, -0.1) is 22.1 Å². The Labute approximate surface area is 276 Å². The SMILES string of the molecule is CC1=C(C(C)O)c2cc3nc(cc4[n-]c(cc5[n-]c(cc1n2)c(C)c5CCC(=O)O)c(CCC(=O)O)c4C)C(C(C)O)=C3C.[Ag]. The van der Waals surface area contributed by atoms with Gasteiger partial charge in [0.1, 0.15) is 0 Å². The minimum atomic E-state index is -0.931. The van der Waals surface area contributed by atoms with Gasteiger partial charge < -0.3 is 30.4 Å². The maximum Gasteiger partial charge on any atom is 0.303 e. The molecule has 0 spiro atoms. The van der Waals surface area contributed by atoms with E-state index in [0.29, 0.717) is 56.0 Å². The molecule has 2 aliphatic rings. The second-order valence-corrected chi connectivity index (χ2v) is 11.5. The molecule has 45 heavy (non-hydrogen) atoms. The fourth-order valence-corrected chi connectivity index (χ4v) is 6.15. The molecule has 0 aromatic carbocycles. The van der Waals surface area contributed by atoms with Crippen LogP contribution in [0, 0.1) is 13.8 Å². The van der Waals surface area contributed by atoms with E-state index in [1.807, 2.05) is 39.8 Å². The number of allylic oxidation sites excluding steroid dienone is 2. The number of aliphatic hydroxyl groups excluding tert-OH is 2. The van der Waals surface area contributed by atoms with Gasteiger partial charge in [-0.1, -0.05) is 40.5 Å². The number of carboxylic acids is 2. The van der Waals surface area contributed by atoms with Crippen molar-refractivity contribution in [3.63, 3.8) is 0 Å². The second kappa shape index (κ2) is 13.3. The van der Waals surface area contributed by atoms with Gasteiger partial charge in [0.25, 0.3) is 0 Å². The van der Waals surface area contributed by atoms with Crippen molar-refractivity contribution in [2.75, 3.05) is 0 Å². The average Bonchev–Trinajstić information content (AvgIpc) is 3.59. The number of aliphatic hydroxyl groups is 2. The van der Waals surface area contributed by atoms with Gasteiger partial charge in [-0.05, 0) is 71.6 Å². The molecule has 241 valence electrons. The van der Waals surface area contributed by atoms with Crippen LogP contribution in [0.2, 0.25) is 0 Å². The molecule has 0 amide bonds. The molecule has 10 nitrogen and oxygen atoms in total. The summed E-state index contributed by atoms with van der Waals surface area (Å²) in [4.78, 5) is 42.6. The Hall–Kier alpha value is -3.80. The summed E-state index contributed by atoms with van der Waals surface area (Å²) in [5.41, 5.74) is 10.6. The van der Waals surface area contributed by atoms with Gasteiger partial charge in [0.05, 0.1) is 35.0 Å². The summed E-state index contributed by atoms with van der Waals surface area (Å²) in [5, 5.41) is 40.4. The molecule has 0 aliphatic carbocycles. The molecule has 2 aliphatic heterocycles. The molecule has 3 aromatic rings.